The SMILES string of the molecule is CCn1nc(C)c2[nH]c(=S)n(-c3ccc(C#N)cc3Cl)c21. The maximum Gasteiger partial charge on any atom is 0.184 e. The topological polar surface area (TPSA) is 62.3 Å². The van der Waals surface area contributed by atoms with Crippen molar-refractivity contribution in [2.45, 2.75) is 20.4 Å². The lowest BCUT2D eigenvalue weighted by molar-refractivity contribution is 0.662. The van der Waals surface area contributed by atoms with Crippen LogP contribution < -0.4 is 0 Å². The first kappa shape index (κ1) is 13.9. The molecule has 2 heterocycles. The standard InChI is InChI=1S/C14H12ClN5S/c1-3-19-13-12(8(2)18-19)17-14(21)20(13)11-5-4-9(7-16)6-10(11)15/h4-6H,3H2,1-2H3,(H,17,21). The van der Waals surface area contributed by atoms with Gasteiger partial charge in [-0.3, -0.25) is 4.57 Å². The molecule has 0 radical (unpaired) electrons. The van der Waals surface area contributed by atoms with Crippen LogP contribution in [0, 0.1) is 23.0 Å². The maximum absolute atomic E-state index is 8.94. The van der Waals surface area contributed by atoms with E-state index in [-0.39, 0.29) is 0 Å². The average Bonchev–Trinajstić information content (AvgIpc) is 2.96. The van der Waals surface area contributed by atoms with Crippen molar-refractivity contribution >= 4 is 35.0 Å². The van der Waals surface area contributed by atoms with Crippen molar-refractivity contribution in [1.82, 2.24) is 19.3 Å². The Hall–Kier alpha value is -2.10. The van der Waals surface area contributed by atoms with Crippen LogP contribution in [0.15, 0.2) is 18.2 Å². The minimum absolute atomic E-state index is 0.479. The van der Waals surface area contributed by atoms with Crippen molar-refractivity contribution in [3.63, 3.8) is 0 Å². The second-order valence-electron chi connectivity index (χ2n) is 4.64. The zero-order valence-corrected chi connectivity index (χ0v) is 13.1. The average molecular weight is 318 g/mol. The number of fused-ring (bicyclic) bond motifs is 1. The molecule has 0 unspecified atom stereocenters. The molecule has 0 aliphatic carbocycles. The molecular formula is C14H12ClN5S. The molecule has 0 atom stereocenters. The molecule has 5 nitrogen and oxygen atoms in total. The number of rotatable bonds is 2. The number of benzene rings is 1. The van der Waals surface area contributed by atoms with Gasteiger partial charge in [0.1, 0.15) is 5.52 Å². The van der Waals surface area contributed by atoms with Gasteiger partial charge in [-0.15, -0.1) is 0 Å². The Kier molecular flexibility index (Phi) is 3.32. The van der Waals surface area contributed by atoms with Gasteiger partial charge in [-0.25, -0.2) is 4.68 Å². The summed E-state index contributed by atoms with van der Waals surface area (Å²) in [6.07, 6.45) is 0. The number of hydrogen-bond acceptors (Lipinski definition) is 3. The van der Waals surface area contributed by atoms with Crippen LogP contribution in [-0.4, -0.2) is 19.3 Å². The molecule has 0 aliphatic heterocycles. The van der Waals surface area contributed by atoms with E-state index in [4.69, 9.17) is 29.1 Å². The van der Waals surface area contributed by atoms with Gasteiger partial charge in [-0.1, -0.05) is 11.6 Å². The molecule has 1 aromatic carbocycles. The van der Waals surface area contributed by atoms with Crippen molar-refractivity contribution in [1.29, 1.82) is 5.26 Å². The van der Waals surface area contributed by atoms with Gasteiger partial charge in [0.25, 0.3) is 0 Å². The molecule has 0 fully saturated rings. The van der Waals surface area contributed by atoms with E-state index in [0.29, 0.717) is 15.4 Å². The maximum atomic E-state index is 8.94. The lowest BCUT2D eigenvalue weighted by Gasteiger charge is -2.08. The van der Waals surface area contributed by atoms with E-state index in [9.17, 15) is 0 Å². The number of hydrogen-bond donors (Lipinski definition) is 1. The molecule has 0 aliphatic rings. The minimum Gasteiger partial charge on any atom is -0.327 e. The highest BCUT2D eigenvalue weighted by Gasteiger charge is 2.16. The molecular weight excluding hydrogens is 306 g/mol. The highest BCUT2D eigenvalue weighted by molar-refractivity contribution is 7.71. The van der Waals surface area contributed by atoms with Crippen LogP contribution in [0.4, 0.5) is 0 Å². The molecule has 7 heteroatoms. The van der Waals surface area contributed by atoms with Crippen LogP contribution in [0.2, 0.25) is 5.02 Å². The summed E-state index contributed by atoms with van der Waals surface area (Å²) in [5, 5.41) is 13.9. The Morgan fingerprint density at radius 2 is 2.24 bits per heavy atom. The number of nitriles is 1. The quantitative estimate of drug-likeness (QED) is 0.732. The van der Waals surface area contributed by atoms with E-state index >= 15 is 0 Å². The summed E-state index contributed by atoms with van der Waals surface area (Å²) in [6.45, 7) is 4.68. The number of halogens is 1. The summed E-state index contributed by atoms with van der Waals surface area (Å²) in [5.74, 6) is 0. The molecule has 3 rings (SSSR count). The fourth-order valence-electron chi connectivity index (χ4n) is 2.40. The number of nitrogens with zero attached hydrogens (tertiary/aromatic N) is 4. The third kappa shape index (κ3) is 2.06. The highest BCUT2D eigenvalue weighted by Crippen LogP contribution is 2.27. The highest BCUT2D eigenvalue weighted by atomic mass is 35.5. The zero-order chi connectivity index (χ0) is 15.1. The number of imidazole rings is 1. The van der Waals surface area contributed by atoms with Gasteiger partial charge in [-0.2, -0.15) is 10.4 Å². The van der Waals surface area contributed by atoms with Crippen molar-refractivity contribution in [3.05, 3.63) is 39.3 Å². The predicted octanol–water partition coefficient (Wildman–Crippen LogP) is 3.74. The predicted molar refractivity (Wildman–Crippen MR) is 84.4 cm³/mol. The van der Waals surface area contributed by atoms with Crippen LogP contribution in [-0.2, 0) is 6.54 Å². The smallest absolute Gasteiger partial charge is 0.184 e. The summed E-state index contributed by atoms with van der Waals surface area (Å²) in [4.78, 5) is 3.18. The minimum atomic E-state index is 0.479. The molecule has 0 bridgehead atoms. The van der Waals surface area contributed by atoms with Gasteiger partial charge < -0.3 is 4.98 Å². The molecule has 106 valence electrons. The summed E-state index contributed by atoms with van der Waals surface area (Å²) in [5.41, 5.74) is 3.93. The van der Waals surface area contributed by atoms with E-state index in [0.717, 1.165) is 29.1 Å². The first-order valence-corrected chi connectivity index (χ1v) is 7.23. The Bertz CT molecular complexity index is 941. The Morgan fingerprint density at radius 1 is 1.48 bits per heavy atom. The van der Waals surface area contributed by atoms with E-state index in [2.05, 4.69) is 16.2 Å². The van der Waals surface area contributed by atoms with Crippen LogP contribution in [0.25, 0.3) is 16.9 Å². The van der Waals surface area contributed by atoms with Gasteiger partial charge in [-0.05, 0) is 44.3 Å². The second kappa shape index (κ2) is 5.02. The molecule has 1 N–H and O–H groups in total. The Morgan fingerprint density at radius 3 is 2.86 bits per heavy atom. The van der Waals surface area contributed by atoms with Gasteiger partial charge in [0.15, 0.2) is 10.4 Å². The number of H-pyrrole nitrogens is 1. The second-order valence-corrected chi connectivity index (χ2v) is 5.44. The Labute approximate surface area is 131 Å². The van der Waals surface area contributed by atoms with Crippen LogP contribution in [0.5, 0.6) is 0 Å². The fourth-order valence-corrected chi connectivity index (χ4v) is 2.96. The molecule has 2 aromatic heterocycles. The van der Waals surface area contributed by atoms with E-state index < -0.39 is 0 Å². The summed E-state index contributed by atoms with van der Waals surface area (Å²) in [6, 6.07) is 7.23. The first-order chi connectivity index (χ1) is 10.1. The van der Waals surface area contributed by atoms with Gasteiger partial charge in [0.05, 0.1) is 28.0 Å². The van der Waals surface area contributed by atoms with Crippen molar-refractivity contribution in [2.75, 3.05) is 0 Å². The molecule has 0 amide bonds. The Balaban J connectivity index is 2.38. The normalized spacial score (nSPS) is 11.0. The van der Waals surface area contributed by atoms with Gasteiger partial charge in [0.2, 0.25) is 0 Å². The van der Waals surface area contributed by atoms with E-state index in [1.54, 1.807) is 18.2 Å². The number of nitrogens with one attached hydrogen (secondary N) is 1. The molecule has 21 heavy (non-hydrogen) atoms. The zero-order valence-electron chi connectivity index (χ0n) is 11.5. The number of aromatic amines is 1. The van der Waals surface area contributed by atoms with Crippen molar-refractivity contribution in [3.8, 4) is 11.8 Å². The van der Waals surface area contributed by atoms with Gasteiger partial charge >= 0.3 is 0 Å². The number of aryl methyl sites for hydroxylation is 2. The summed E-state index contributed by atoms with van der Waals surface area (Å²) < 4.78 is 4.29. The molecule has 0 spiro atoms. The third-order valence-electron chi connectivity index (χ3n) is 3.36. The monoisotopic (exact) mass is 317 g/mol. The van der Waals surface area contributed by atoms with Crippen molar-refractivity contribution in [2.24, 2.45) is 0 Å². The molecule has 3 aromatic rings. The van der Waals surface area contributed by atoms with Crippen LogP contribution in [0.3, 0.4) is 0 Å². The van der Waals surface area contributed by atoms with Crippen LogP contribution in [0.1, 0.15) is 18.2 Å². The molecule has 0 saturated heterocycles. The lowest BCUT2D eigenvalue weighted by Crippen LogP contribution is -2.04. The van der Waals surface area contributed by atoms with E-state index in [1.807, 2.05) is 23.1 Å². The van der Waals surface area contributed by atoms with Gasteiger partial charge in [0, 0.05) is 6.54 Å². The van der Waals surface area contributed by atoms with Crippen LogP contribution >= 0.6 is 23.8 Å². The summed E-state index contributed by atoms with van der Waals surface area (Å²) in [7, 11) is 0. The first-order valence-electron chi connectivity index (χ1n) is 6.45. The number of aromatic nitrogens is 4. The van der Waals surface area contributed by atoms with Crippen molar-refractivity contribution < 1.29 is 0 Å². The summed E-state index contributed by atoms with van der Waals surface area (Å²) >= 11 is 11.7. The fraction of sp³-hybridized carbons (Fsp3) is 0.214. The third-order valence-corrected chi connectivity index (χ3v) is 3.95. The molecule has 0 saturated carbocycles. The largest absolute Gasteiger partial charge is 0.327 e. The van der Waals surface area contributed by atoms with E-state index in [1.165, 1.54) is 0 Å². The lowest BCUT2D eigenvalue weighted by atomic mass is 10.2.